The van der Waals surface area contributed by atoms with E-state index in [2.05, 4.69) is 5.32 Å². The minimum absolute atomic E-state index is 0.136. The van der Waals surface area contributed by atoms with Gasteiger partial charge in [-0.1, -0.05) is 12.1 Å². The number of amides is 1. The maximum Gasteiger partial charge on any atom is 0.339 e. The predicted molar refractivity (Wildman–Crippen MR) is 60.4 cm³/mol. The van der Waals surface area contributed by atoms with Gasteiger partial charge in [0.25, 0.3) is 0 Å². The molecular formula is C12H13NO4. The summed E-state index contributed by atoms with van der Waals surface area (Å²) in [6, 6.07) is 5.05. The highest BCUT2D eigenvalue weighted by Gasteiger charge is 2.27. The SMILES string of the molecule is CCOC(=O)C(O)c1cccc2c1CC(=O)N2. The number of ether oxygens (including phenoxy) is 1. The average Bonchev–Trinajstić information content (AvgIpc) is 2.68. The molecule has 90 valence electrons. The van der Waals surface area contributed by atoms with Crippen molar-refractivity contribution in [3.8, 4) is 0 Å². The van der Waals surface area contributed by atoms with Crippen LogP contribution in [0.4, 0.5) is 5.69 Å². The van der Waals surface area contributed by atoms with Crippen LogP contribution in [0.2, 0.25) is 0 Å². The van der Waals surface area contributed by atoms with Crippen molar-refractivity contribution in [2.75, 3.05) is 11.9 Å². The lowest BCUT2D eigenvalue weighted by molar-refractivity contribution is -0.153. The lowest BCUT2D eigenvalue weighted by atomic mass is 10.00. The Morgan fingerprint density at radius 2 is 2.35 bits per heavy atom. The van der Waals surface area contributed by atoms with Crippen molar-refractivity contribution in [3.05, 3.63) is 29.3 Å². The van der Waals surface area contributed by atoms with Crippen LogP contribution in [0.5, 0.6) is 0 Å². The third-order valence-electron chi connectivity index (χ3n) is 2.63. The largest absolute Gasteiger partial charge is 0.464 e. The molecular weight excluding hydrogens is 222 g/mol. The van der Waals surface area contributed by atoms with Gasteiger partial charge in [-0.05, 0) is 24.1 Å². The van der Waals surface area contributed by atoms with E-state index in [1.807, 2.05) is 0 Å². The molecule has 0 saturated carbocycles. The number of hydrogen-bond acceptors (Lipinski definition) is 4. The molecule has 1 aliphatic rings. The molecule has 17 heavy (non-hydrogen) atoms. The van der Waals surface area contributed by atoms with Gasteiger partial charge >= 0.3 is 5.97 Å². The number of esters is 1. The number of fused-ring (bicyclic) bond motifs is 1. The number of aliphatic hydroxyl groups is 1. The van der Waals surface area contributed by atoms with Gasteiger partial charge < -0.3 is 15.2 Å². The van der Waals surface area contributed by atoms with Crippen LogP contribution in [0.15, 0.2) is 18.2 Å². The Labute approximate surface area is 98.4 Å². The van der Waals surface area contributed by atoms with Crippen LogP contribution in [0.25, 0.3) is 0 Å². The monoisotopic (exact) mass is 235 g/mol. The zero-order valence-electron chi connectivity index (χ0n) is 9.40. The Morgan fingerprint density at radius 3 is 3.06 bits per heavy atom. The molecule has 1 amide bonds. The van der Waals surface area contributed by atoms with Crippen LogP contribution in [0, 0.1) is 0 Å². The summed E-state index contributed by atoms with van der Waals surface area (Å²) in [7, 11) is 0. The Bertz CT molecular complexity index is 470. The Morgan fingerprint density at radius 1 is 1.59 bits per heavy atom. The van der Waals surface area contributed by atoms with Crippen LogP contribution < -0.4 is 5.32 Å². The predicted octanol–water partition coefficient (Wildman–Crippen LogP) is 0.778. The summed E-state index contributed by atoms with van der Waals surface area (Å²) in [5.41, 5.74) is 1.74. The molecule has 2 N–H and O–H groups in total. The van der Waals surface area contributed by atoms with E-state index in [9.17, 15) is 14.7 Å². The molecule has 1 aromatic carbocycles. The molecule has 1 heterocycles. The zero-order valence-corrected chi connectivity index (χ0v) is 9.40. The van der Waals surface area contributed by atoms with E-state index in [1.165, 1.54) is 0 Å². The van der Waals surface area contributed by atoms with Crippen molar-refractivity contribution in [1.82, 2.24) is 0 Å². The number of benzene rings is 1. The van der Waals surface area contributed by atoms with E-state index >= 15 is 0 Å². The van der Waals surface area contributed by atoms with Crippen LogP contribution in [-0.4, -0.2) is 23.6 Å². The third kappa shape index (κ3) is 2.14. The van der Waals surface area contributed by atoms with Gasteiger partial charge in [0.15, 0.2) is 6.10 Å². The van der Waals surface area contributed by atoms with Gasteiger partial charge in [-0.3, -0.25) is 4.79 Å². The second-order valence-electron chi connectivity index (χ2n) is 3.75. The molecule has 5 heteroatoms. The van der Waals surface area contributed by atoms with Crippen LogP contribution in [0.3, 0.4) is 0 Å². The molecule has 0 bridgehead atoms. The number of carbonyl (C=O) groups is 2. The van der Waals surface area contributed by atoms with Crippen molar-refractivity contribution in [2.24, 2.45) is 0 Å². The Hall–Kier alpha value is -1.88. The van der Waals surface area contributed by atoms with E-state index in [-0.39, 0.29) is 18.9 Å². The highest BCUT2D eigenvalue weighted by molar-refractivity contribution is 6.00. The van der Waals surface area contributed by atoms with Gasteiger partial charge in [0, 0.05) is 5.69 Å². The molecule has 1 aliphatic heterocycles. The fourth-order valence-corrected chi connectivity index (χ4v) is 1.88. The van der Waals surface area contributed by atoms with Crippen molar-refractivity contribution in [1.29, 1.82) is 0 Å². The van der Waals surface area contributed by atoms with Gasteiger partial charge in [-0.25, -0.2) is 4.79 Å². The minimum Gasteiger partial charge on any atom is -0.464 e. The molecule has 1 aromatic rings. The molecule has 5 nitrogen and oxygen atoms in total. The molecule has 0 fully saturated rings. The first-order chi connectivity index (χ1) is 8.13. The fourth-order valence-electron chi connectivity index (χ4n) is 1.88. The first-order valence-electron chi connectivity index (χ1n) is 5.39. The lowest BCUT2D eigenvalue weighted by Gasteiger charge is -2.13. The van der Waals surface area contributed by atoms with E-state index in [4.69, 9.17) is 4.74 Å². The molecule has 2 rings (SSSR count). The lowest BCUT2D eigenvalue weighted by Crippen LogP contribution is -2.16. The number of anilines is 1. The standard InChI is InChI=1S/C12H13NO4/c1-2-17-12(16)11(15)7-4-3-5-9-8(7)6-10(14)13-9/h3-5,11,15H,2,6H2,1H3,(H,13,14). The van der Waals surface area contributed by atoms with Crippen molar-refractivity contribution >= 4 is 17.6 Å². The molecule has 0 saturated heterocycles. The number of aliphatic hydroxyl groups excluding tert-OH is 1. The highest BCUT2D eigenvalue weighted by atomic mass is 16.5. The zero-order chi connectivity index (χ0) is 12.4. The minimum atomic E-state index is -1.34. The molecule has 0 aromatic heterocycles. The average molecular weight is 235 g/mol. The molecule has 0 spiro atoms. The van der Waals surface area contributed by atoms with Crippen LogP contribution >= 0.6 is 0 Å². The smallest absolute Gasteiger partial charge is 0.339 e. The van der Waals surface area contributed by atoms with Gasteiger partial charge in [0.2, 0.25) is 5.91 Å². The second-order valence-corrected chi connectivity index (χ2v) is 3.75. The normalized spacial score (nSPS) is 15.1. The number of nitrogens with one attached hydrogen (secondary N) is 1. The van der Waals surface area contributed by atoms with E-state index in [0.717, 1.165) is 0 Å². The van der Waals surface area contributed by atoms with Gasteiger partial charge in [-0.15, -0.1) is 0 Å². The third-order valence-corrected chi connectivity index (χ3v) is 2.63. The molecule has 1 unspecified atom stereocenters. The maximum atomic E-state index is 11.4. The first kappa shape index (κ1) is 11.6. The number of rotatable bonds is 3. The van der Waals surface area contributed by atoms with Crippen LogP contribution in [-0.2, 0) is 20.7 Å². The van der Waals surface area contributed by atoms with E-state index in [0.29, 0.717) is 16.8 Å². The highest BCUT2D eigenvalue weighted by Crippen LogP contribution is 2.30. The summed E-state index contributed by atoms with van der Waals surface area (Å²) < 4.78 is 4.75. The Kier molecular flexibility index (Phi) is 3.10. The number of carbonyl (C=O) groups excluding carboxylic acids is 2. The molecule has 0 radical (unpaired) electrons. The van der Waals surface area contributed by atoms with Gasteiger partial charge in [-0.2, -0.15) is 0 Å². The first-order valence-corrected chi connectivity index (χ1v) is 5.39. The maximum absolute atomic E-state index is 11.4. The van der Waals surface area contributed by atoms with E-state index < -0.39 is 12.1 Å². The molecule has 0 aliphatic carbocycles. The van der Waals surface area contributed by atoms with Crippen molar-refractivity contribution < 1.29 is 19.4 Å². The van der Waals surface area contributed by atoms with Gasteiger partial charge in [0.05, 0.1) is 13.0 Å². The van der Waals surface area contributed by atoms with Crippen LogP contribution in [0.1, 0.15) is 24.2 Å². The summed E-state index contributed by atoms with van der Waals surface area (Å²) in [4.78, 5) is 22.7. The number of hydrogen-bond donors (Lipinski definition) is 2. The summed E-state index contributed by atoms with van der Waals surface area (Å²) in [6.45, 7) is 1.88. The quantitative estimate of drug-likeness (QED) is 0.759. The van der Waals surface area contributed by atoms with Crippen molar-refractivity contribution in [2.45, 2.75) is 19.4 Å². The summed E-state index contributed by atoms with van der Waals surface area (Å²) in [5.74, 6) is -0.830. The van der Waals surface area contributed by atoms with E-state index in [1.54, 1.807) is 25.1 Å². The summed E-state index contributed by atoms with van der Waals surface area (Å²) in [6.07, 6.45) is -1.15. The fraction of sp³-hybridized carbons (Fsp3) is 0.333. The van der Waals surface area contributed by atoms with Crippen molar-refractivity contribution in [3.63, 3.8) is 0 Å². The second kappa shape index (κ2) is 4.55. The topological polar surface area (TPSA) is 75.6 Å². The summed E-state index contributed by atoms with van der Waals surface area (Å²) in [5, 5.41) is 12.5. The van der Waals surface area contributed by atoms with Gasteiger partial charge in [0.1, 0.15) is 0 Å². The summed E-state index contributed by atoms with van der Waals surface area (Å²) >= 11 is 0. The molecule has 1 atom stereocenters. The Balaban J connectivity index is 2.31.